The number of ether oxygens (including phenoxy) is 2. The van der Waals surface area contributed by atoms with E-state index in [0.29, 0.717) is 24.6 Å². The molecule has 0 bridgehead atoms. The monoisotopic (exact) mass is 454 g/mol. The van der Waals surface area contributed by atoms with Gasteiger partial charge in [-0.3, -0.25) is 4.79 Å². The third-order valence-corrected chi connectivity index (χ3v) is 7.13. The standard InChI is InChI=1S/C19H26N4O5S2/c1-27-16-5-4-15(14-17(16)28-2)30(25,26)21-7-6-18(24)22-9-3-10-23(12-11-22)19-20-8-13-29-19/h4-5,8,13-14,21H,3,6-7,9-12H2,1-2H3. The Kier molecular flexibility index (Phi) is 7.51. The second kappa shape index (κ2) is 10.1. The zero-order chi connectivity index (χ0) is 21.6. The molecule has 0 spiro atoms. The number of nitrogens with zero attached hydrogens (tertiary/aromatic N) is 3. The second-order valence-electron chi connectivity index (χ2n) is 6.70. The van der Waals surface area contributed by atoms with Gasteiger partial charge in [-0.1, -0.05) is 0 Å². The van der Waals surface area contributed by atoms with Crippen molar-refractivity contribution in [1.82, 2.24) is 14.6 Å². The molecule has 1 amide bonds. The molecule has 2 heterocycles. The Labute approximate surface area is 180 Å². The molecular weight excluding hydrogens is 428 g/mol. The summed E-state index contributed by atoms with van der Waals surface area (Å²) in [6.45, 7) is 2.85. The second-order valence-corrected chi connectivity index (χ2v) is 9.34. The predicted molar refractivity (Wildman–Crippen MR) is 115 cm³/mol. The van der Waals surface area contributed by atoms with Gasteiger partial charge < -0.3 is 19.3 Å². The first kappa shape index (κ1) is 22.3. The highest BCUT2D eigenvalue weighted by atomic mass is 32.2. The van der Waals surface area contributed by atoms with E-state index >= 15 is 0 Å². The molecule has 1 N–H and O–H groups in total. The highest BCUT2D eigenvalue weighted by molar-refractivity contribution is 7.89. The van der Waals surface area contributed by atoms with Gasteiger partial charge in [0.05, 0.1) is 19.1 Å². The van der Waals surface area contributed by atoms with Crippen molar-refractivity contribution >= 4 is 32.4 Å². The summed E-state index contributed by atoms with van der Waals surface area (Å²) < 4.78 is 37.9. The quantitative estimate of drug-likeness (QED) is 0.646. The lowest BCUT2D eigenvalue weighted by Crippen LogP contribution is -2.37. The van der Waals surface area contributed by atoms with Crippen LogP contribution in [0.3, 0.4) is 0 Å². The molecule has 164 valence electrons. The largest absolute Gasteiger partial charge is 0.493 e. The summed E-state index contributed by atoms with van der Waals surface area (Å²) in [7, 11) is -0.839. The first-order chi connectivity index (χ1) is 14.4. The van der Waals surface area contributed by atoms with Crippen molar-refractivity contribution in [2.45, 2.75) is 17.7 Å². The van der Waals surface area contributed by atoms with Crippen LogP contribution in [0.2, 0.25) is 0 Å². The van der Waals surface area contributed by atoms with Crippen molar-refractivity contribution in [2.24, 2.45) is 0 Å². The fourth-order valence-corrected chi connectivity index (χ4v) is 4.99. The van der Waals surface area contributed by atoms with Crippen LogP contribution >= 0.6 is 11.3 Å². The van der Waals surface area contributed by atoms with Gasteiger partial charge >= 0.3 is 0 Å². The number of hydrogen-bond acceptors (Lipinski definition) is 8. The summed E-state index contributed by atoms with van der Waals surface area (Å²) in [6, 6.07) is 4.36. The molecule has 0 unspecified atom stereocenters. The number of methoxy groups -OCH3 is 2. The van der Waals surface area contributed by atoms with Crippen LogP contribution in [-0.2, 0) is 14.8 Å². The molecule has 1 saturated heterocycles. The van der Waals surface area contributed by atoms with Crippen LogP contribution in [0.15, 0.2) is 34.7 Å². The van der Waals surface area contributed by atoms with Gasteiger partial charge in [0.1, 0.15) is 0 Å². The zero-order valence-electron chi connectivity index (χ0n) is 17.0. The van der Waals surface area contributed by atoms with E-state index in [1.807, 2.05) is 5.38 Å². The normalized spacial score (nSPS) is 15.0. The Bertz CT molecular complexity index is 950. The van der Waals surface area contributed by atoms with E-state index in [2.05, 4.69) is 14.6 Å². The fraction of sp³-hybridized carbons (Fsp3) is 0.474. The molecule has 30 heavy (non-hydrogen) atoms. The van der Waals surface area contributed by atoms with E-state index in [0.717, 1.165) is 24.6 Å². The van der Waals surface area contributed by atoms with E-state index in [4.69, 9.17) is 9.47 Å². The first-order valence-corrected chi connectivity index (χ1v) is 11.9. The van der Waals surface area contributed by atoms with Crippen LogP contribution in [-0.4, -0.2) is 71.2 Å². The highest BCUT2D eigenvalue weighted by Crippen LogP contribution is 2.29. The van der Waals surface area contributed by atoms with Gasteiger partial charge in [-0.2, -0.15) is 0 Å². The minimum Gasteiger partial charge on any atom is -0.493 e. The fourth-order valence-electron chi connectivity index (χ4n) is 3.25. The number of thiazole rings is 1. The summed E-state index contributed by atoms with van der Waals surface area (Å²) in [4.78, 5) is 20.9. The lowest BCUT2D eigenvalue weighted by Gasteiger charge is -2.21. The molecule has 1 aromatic carbocycles. The summed E-state index contributed by atoms with van der Waals surface area (Å²) in [5.74, 6) is 0.705. The number of hydrogen-bond donors (Lipinski definition) is 1. The highest BCUT2D eigenvalue weighted by Gasteiger charge is 2.21. The minimum atomic E-state index is -3.76. The van der Waals surface area contributed by atoms with Crippen LogP contribution in [0.5, 0.6) is 11.5 Å². The van der Waals surface area contributed by atoms with E-state index in [1.165, 1.54) is 32.4 Å². The van der Waals surface area contributed by atoms with Gasteiger partial charge in [0, 0.05) is 56.8 Å². The summed E-state index contributed by atoms with van der Waals surface area (Å²) in [5, 5.41) is 2.90. The van der Waals surface area contributed by atoms with Crippen molar-refractivity contribution < 1.29 is 22.7 Å². The van der Waals surface area contributed by atoms with Gasteiger partial charge in [-0.15, -0.1) is 11.3 Å². The molecule has 2 aromatic rings. The molecule has 1 fully saturated rings. The van der Waals surface area contributed by atoms with Crippen LogP contribution in [0.25, 0.3) is 0 Å². The number of benzene rings is 1. The molecule has 1 aliphatic rings. The van der Waals surface area contributed by atoms with Crippen molar-refractivity contribution in [1.29, 1.82) is 0 Å². The first-order valence-electron chi connectivity index (χ1n) is 9.58. The van der Waals surface area contributed by atoms with Gasteiger partial charge in [-0.25, -0.2) is 18.1 Å². The van der Waals surface area contributed by atoms with Gasteiger partial charge in [0.15, 0.2) is 16.6 Å². The number of nitrogens with one attached hydrogen (secondary N) is 1. The van der Waals surface area contributed by atoms with Crippen LogP contribution in [0.1, 0.15) is 12.8 Å². The summed E-state index contributed by atoms with van der Waals surface area (Å²) in [6.07, 6.45) is 2.73. The van der Waals surface area contributed by atoms with Gasteiger partial charge in [0.2, 0.25) is 15.9 Å². The Morgan fingerprint density at radius 3 is 2.67 bits per heavy atom. The molecular formula is C19H26N4O5S2. The van der Waals surface area contributed by atoms with Gasteiger partial charge in [0.25, 0.3) is 0 Å². The molecule has 0 radical (unpaired) electrons. The molecule has 0 atom stereocenters. The molecule has 0 saturated carbocycles. The lowest BCUT2D eigenvalue weighted by molar-refractivity contribution is -0.130. The summed E-state index contributed by atoms with van der Waals surface area (Å²) >= 11 is 1.59. The number of amides is 1. The number of carbonyl (C=O) groups excluding carboxylic acids is 1. The van der Waals surface area contributed by atoms with E-state index in [-0.39, 0.29) is 23.8 Å². The summed E-state index contributed by atoms with van der Waals surface area (Å²) in [5.41, 5.74) is 0. The number of sulfonamides is 1. The van der Waals surface area contributed by atoms with Crippen LogP contribution in [0.4, 0.5) is 5.13 Å². The van der Waals surface area contributed by atoms with E-state index < -0.39 is 10.0 Å². The Morgan fingerprint density at radius 1 is 1.17 bits per heavy atom. The lowest BCUT2D eigenvalue weighted by atomic mass is 10.3. The Balaban J connectivity index is 1.52. The van der Waals surface area contributed by atoms with E-state index in [1.54, 1.807) is 22.4 Å². The van der Waals surface area contributed by atoms with Crippen molar-refractivity contribution in [3.63, 3.8) is 0 Å². The molecule has 11 heteroatoms. The Morgan fingerprint density at radius 2 is 1.97 bits per heavy atom. The average Bonchev–Trinajstić information content (AvgIpc) is 3.17. The third-order valence-electron chi connectivity index (χ3n) is 4.83. The third kappa shape index (κ3) is 5.41. The van der Waals surface area contributed by atoms with Crippen molar-refractivity contribution in [3.8, 4) is 11.5 Å². The minimum absolute atomic E-state index is 0.0300. The number of carbonyl (C=O) groups is 1. The molecule has 9 nitrogen and oxygen atoms in total. The van der Waals surface area contributed by atoms with Crippen LogP contribution < -0.4 is 19.1 Å². The van der Waals surface area contributed by atoms with Crippen molar-refractivity contribution in [2.75, 3.05) is 51.8 Å². The molecule has 1 aromatic heterocycles. The van der Waals surface area contributed by atoms with E-state index in [9.17, 15) is 13.2 Å². The molecule has 3 rings (SSSR count). The van der Waals surface area contributed by atoms with Gasteiger partial charge in [-0.05, 0) is 18.6 Å². The number of rotatable bonds is 8. The zero-order valence-corrected chi connectivity index (χ0v) is 18.7. The maximum absolute atomic E-state index is 12.6. The predicted octanol–water partition coefficient (Wildman–Crippen LogP) is 1.57. The average molecular weight is 455 g/mol. The molecule has 1 aliphatic heterocycles. The molecule has 0 aliphatic carbocycles. The van der Waals surface area contributed by atoms with Crippen molar-refractivity contribution in [3.05, 3.63) is 29.8 Å². The van der Waals surface area contributed by atoms with Crippen LogP contribution in [0, 0.1) is 0 Å². The number of anilines is 1. The Hall–Kier alpha value is -2.37. The maximum Gasteiger partial charge on any atom is 0.240 e. The SMILES string of the molecule is COc1ccc(S(=O)(=O)NCCC(=O)N2CCCN(c3nccs3)CC2)cc1OC. The maximum atomic E-state index is 12.6. The topological polar surface area (TPSA) is 101 Å². The number of aromatic nitrogens is 1. The smallest absolute Gasteiger partial charge is 0.240 e.